The summed E-state index contributed by atoms with van der Waals surface area (Å²) in [5.41, 5.74) is 5.36. The summed E-state index contributed by atoms with van der Waals surface area (Å²) >= 11 is 1.88. The van der Waals surface area contributed by atoms with Gasteiger partial charge in [-0.1, -0.05) is 0 Å². The lowest BCUT2D eigenvalue weighted by molar-refractivity contribution is -0.119. The first-order valence-electron chi connectivity index (χ1n) is 4.40. The molecule has 1 unspecified atom stereocenters. The first-order chi connectivity index (χ1) is 5.83. The Morgan fingerprint density at radius 3 is 3.08 bits per heavy atom. The van der Waals surface area contributed by atoms with Gasteiger partial charge in [0.15, 0.2) is 0 Å². The number of rotatable bonds is 5. The van der Waals surface area contributed by atoms with Gasteiger partial charge < -0.3 is 11.1 Å². The topological polar surface area (TPSA) is 55.1 Å². The largest absolute Gasteiger partial charge is 0.353 e. The lowest BCUT2D eigenvalue weighted by Crippen LogP contribution is -2.27. The number of nitrogens with two attached hydrogens (primary N) is 1. The number of carbonyl (C=O) groups excluding carboxylic acids is 1. The number of amides is 1. The Bertz CT molecular complexity index is 152. The molecule has 1 amide bonds. The molecule has 1 aliphatic heterocycles. The molecule has 1 rings (SSSR count). The van der Waals surface area contributed by atoms with E-state index in [0.717, 1.165) is 30.9 Å². The van der Waals surface area contributed by atoms with Crippen LogP contribution in [0.25, 0.3) is 0 Å². The molecular formula is C8H16N2OS. The van der Waals surface area contributed by atoms with Gasteiger partial charge in [-0.05, 0) is 25.1 Å². The monoisotopic (exact) mass is 188 g/mol. The number of hydrogen-bond donors (Lipinski definition) is 2. The molecule has 70 valence electrons. The molecule has 3 nitrogen and oxygen atoms in total. The second kappa shape index (κ2) is 5.43. The zero-order chi connectivity index (χ0) is 8.81. The zero-order valence-electron chi connectivity index (χ0n) is 7.21. The molecule has 12 heavy (non-hydrogen) atoms. The molecule has 0 spiro atoms. The van der Waals surface area contributed by atoms with Gasteiger partial charge in [0.25, 0.3) is 0 Å². The lowest BCUT2D eigenvalue weighted by Gasteiger charge is -2.08. The first-order valence-corrected chi connectivity index (χ1v) is 5.55. The van der Waals surface area contributed by atoms with Crippen LogP contribution in [-0.2, 0) is 4.79 Å². The van der Waals surface area contributed by atoms with E-state index < -0.39 is 0 Å². The van der Waals surface area contributed by atoms with Gasteiger partial charge in [0, 0.05) is 18.2 Å². The van der Waals surface area contributed by atoms with E-state index >= 15 is 0 Å². The molecule has 1 fully saturated rings. The van der Waals surface area contributed by atoms with Crippen molar-refractivity contribution in [3.8, 4) is 0 Å². The number of carbonyl (C=O) groups is 1. The quantitative estimate of drug-likeness (QED) is 0.612. The summed E-state index contributed by atoms with van der Waals surface area (Å²) in [4.78, 5) is 10.8. The average molecular weight is 188 g/mol. The van der Waals surface area contributed by atoms with Gasteiger partial charge in [-0.25, -0.2) is 0 Å². The third-order valence-corrected chi connectivity index (χ3v) is 3.11. The Labute approximate surface area is 77.5 Å². The van der Waals surface area contributed by atoms with Crippen molar-refractivity contribution in [2.75, 3.05) is 18.1 Å². The van der Waals surface area contributed by atoms with Gasteiger partial charge in [-0.15, -0.1) is 0 Å². The van der Waals surface area contributed by atoms with Gasteiger partial charge in [-0.3, -0.25) is 4.79 Å². The van der Waals surface area contributed by atoms with Crippen LogP contribution in [0.3, 0.4) is 0 Å². The van der Waals surface area contributed by atoms with E-state index in [1.165, 1.54) is 0 Å². The highest BCUT2D eigenvalue weighted by Gasteiger charge is 2.19. The van der Waals surface area contributed by atoms with Crippen molar-refractivity contribution < 1.29 is 4.79 Å². The summed E-state index contributed by atoms with van der Waals surface area (Å²) in [6, 6.07) is 0.417. The van der Waals surface area contributed by atoms with Gasteiger partial charge in [-0.2, -0.15) is 11.8 Å². The van der Waals surface area contributed by atoms with Crippen molar-refractivity contribution in [1.82, 2.24) is 5.32 Å². The predicted octanol–water partition coefficient (Wildman–Crippen LogP) is 0.347. The Balaban J connectivity index is 1.97. The highest BCUT2D eigenvalue weighted by molar-refractivity contribution is 7.99. The molecule has 0 aromatic carbocycles. The highest BCUT2D eigenvalue weighted by atomic mass is 32.2. The fraction of sp³-hybridized carbons (Fsp3) is 0.875. The molecule has 1 atom stereocenters. The van der Waals surface area contributed by atoms with E-state index in [1.807, 2.05) is 11.8 Å². The molecule has 0 aromatic heterocycles. The van der Waals surface area contributed by atoms with Crippen molar-refractivity contribution in [3.05, 3.63) is 0 Å². The molecule has 0 bridgehead atoms. The maximum Gasteiger partial charge on any atom is 0.220 e. The predicted molar refractivity (Wildman–Crippen MR) is 52.2 cm³/mol. The van der Waals surface area contributed by atoms with Crippen LogP contribution in [0, 0.1) is 0 Å². The molecular weight excluding hydrogens is 172 g/mol. The normalized spacial score (nSPS) is 22.8. The second-order valence-corrected chi connectivity index (χ2v) is 4.17. The van der Waals surface area contributed by atoms with Gasteiger partial charge in [0.2, 0.25) is 5.91 Å². The Kier molecular flexibility index (Phi) is 4.46. The maximum absolute atomic E-state index is 10.8. The summed E-state index contributed by atoms with van der Waals surface area (Å²) < 4.78 is 0. The maximum atomic E-state index is 10.8. The Hall–Kier alpha value is -0.220. The van der Waals surface area contributed by atoms with Crippen molar-refractivity contribution >= 4 is 17.7 Å². The van der Waals surface area contributed by atoms with E-state index in [-0.39, 0.29) is 5.91 Å². The smallest absolute Gasteiger partial charge is 0.220 e. The molecule has 0 aromatic rings. The number of hydrogen-bond acceptors (Lipinski definition) is 3. The van der Waals surface area contributed by atoms with E-state index in [0.29, 0.717) is 12.5 Å². The standard InChI is InChI=1S/C8H16N2OS/c9-4-1-5-12-6-7-2-3-8(11)10-7/h7H,1-6,9H2,(H,10,11). The van der Waals surface area contributed by atoms with Crippen LogP contribution in [0.2, 0.25) is 0 Å². The molecule has 0 aliphatic carbocycles. The summed E-state index contributed by atoms with van der Waals surface area (Å²) in [5.74, 6) is 2.37. The lowest BCUT2D eigenvalue weighted by atomic mass is 10.2. The average Bonchev–Trinajstić information content (AvgIpc) is 2.45. The second-order valence-electron chi connectivity index (χ2n) is 3.02. The fourth-order valence-corrected chi connectivity index (χ4v) is 2.29. The zero-order valence-corrected chi connectivity index (χ0v) is 8.03. The van der Waals surface area contributed by atoms with Crippen LogP contribution in [0.1, 0.15) is 19.3 Å². The third kappa shape index (κ3) is 3.45. The van der Waals surface area contributed by atoms with Crippen LogP contribution in [-0.4, -0.2) is 30.0 Å². The molecule has 1 saturated heterocycles. The molecule has 3 N–H and O–H groups in total. The summed E-state index contributed by atoms with van der Waals surface area (Å²) in [5, 5.41) is 2.94. The van der Waals surface area contributed by atoms with Crippen LogP contribution in [0.15, 0.2) is 0 Å². The number of nitrogens with one attached hydrogen (secondary N) is 1. The Morgan fingerprint density at radius 1 is 1.67 bits per heavy atom. The van der Waals surface area contributed by atoms with Crippen molar-refractivity contribution in [2.45, 2.75) is 25.3 Å². The number of thioether (sulfide) groups is 1. The minimum atomic E-state index is 0.208. The SMILES string of the molecule is NCCCSCC1CCC(=O)N1. The summed E-state index contributed by atoms with van der Waals surface area (Å²) in [6.45, 7) is 0.768. The molecule has 0 saturated carbocycles. The minimum absolute atomic E-state index is 0.208. The fourth-order valence-electron chi connectivity index (χ4n) is 1.21. The molecule has 1 heterocycles. The first kappa shape index (κ1) is 9.86. The van der Waals surface area contributed by atoms with Crippen molar-refractivity contribution in [2.24, 2.45) is 5.73 Å². The van der Waals surface area contributed by atoms with E-state index in [9.17, 15) is 4.79 Å². The highest BCUT2D eigenvalue weighted by Crippen LogP contribution is 2.12. The minimum Gasteiger partial charge on any atom is -0.353 e. The van der Waals surface area contributed by atoms with E-state index in [2.05, 4.69) is 5.32 Å². The van der Waals surface area contributed by atoms with Gasteiger partial charge in [0.05, 0.1) is 0 Å². The van der Waals surface area contributed by atoms with Crippen LogP contribution >= 0.6 is 11.8 Å². The van der Waals surface area contributed by atoms with E-state index in [4.69, 9.17) is 5.73 Å². The third-order valence-electron chi connectivity index (χ3n) is 1.90. The molecule has 0 radical (unpaired) electrons. The molecule has 4 heteroatoms. The van der Waals surface area contributed by atoms with Crippen molar-refractivity contribution in [1.29, 1.82) is 0 Å². The van der Waals surface area contributed by atoms with Gasteiger partial charge in [0.1, 0.15) is 0 Å². The van der Waals surface area contributed by atoms with Crippen LogP contribution in [0.5, 0.6) is 0 Å². The van der Waals surface area contributed by atoms with E-state index in [1.54, 1.807) is 0 Å². The molecule has 1 aliphatic rings. The summed E-state index contributed by atoms with van der Waals surface area (Å²) in [7, 11) is 0. The van der Waals surface area contributed by atoms with Gasteiger partial charge >= 0.3 is 0 Å². The van der Waals surface area contributed by atoms with Crippen LogP contribution < -0.4 is 11.1 Å². The summed E-state index contributed by atoms with van der Waals surface area (Å²) in [6.07, 6.45) is 2.79. The van der Waals surface area contributed by atoms with Crippen LogP contribution in [0.4, 0.5) is 0 Å². The Morgan fingerprint density at radius 2 is 2.50 bits per heavy atom. The van der Waals surface area contributed by atoms with Crippen molar-refractivity contribution in [3.63, 3.8) is 0 Å².